The van der Waals surface area contributed by atoms with E-state index in [9.17, 15) is 0 Å². The topological polar surface area (TPSA) is 41.1 Å². The fourth-order valence-electron chi connectivity index (χ4n) is 2.66. The number of piperidine rings is 1. The Morgan fingerprint density at radius 3 is 2.58 bits per heavy atom. The summed E-state index contributed by atoms with van der Waals surface area (Å²) in [5.41, 5.74) is 1.31. The molecule has 0 bridgehead atoms. The summed E-state index contributed by atoms with van der Waals surface area (Å²) < 4.78 is 0. The molecule has 0 aliphatic carbocycles. The quantitative estimate of drug-likeness (QED) is 0.854. The maximum atomic E-state index is 4.56. The lowest BCUT2D eigenvalue weighted by Crippen LogP contribution is -2.31. The summed E-state index contributed by atoms with van der Waals surface area (Å²) in [6, 6.07) is 0. The number of anilines is 2. The van der Waals surface area contributed by atoms with E-state index < -0.39 is 0 Å². The van der Waals surface area contributed by atoms with Crippen molar-refractivity contribution >= 4 is 11.6 Å². The zero-order valence-corrected chi connectivity index (χ0v) is 12.3. The highest BCUT2D eigenvalue weighted by Crippen LogP contribution is 2.27. The molecule has 0 radical (unpaired) electrons. The minimum atomic E-state index is 0.979. The number of nitrogens with one attached hydrogen (secondary N) is 1. The first-order valence-corrected chi connectivity index (χ1v) is 7.69. The van der Waals surface area contributed by atoms with E-state index in [1.807, 2.05) is 0 Å². The molecule has 19 heavy (non-hydrogen) atoms. The van der Waals surface area contributed by atoms with Gasteiger partial charge in [-0.3, -0.25) is 0 Å². The Bertz CT molecular complexity index is 386. The smallest absolute Gasteiger partial charge is 0.137 e. The van der Waals surface area contributed by atoms with Crippen molar-refractivity contribution in [3.63, 3.8) is 0 Å². The van der Waals surface area contributed by atoms with Crippen LogP contribution < -0.4 is 10.2 Å². The summed E-state index contributed by atoms with van der Waals surface area (Å²) in [5.74, 6) is 2.20. The van der Waals surface area contributed by atoms with Gasteiger partial charge in [0.15, 0.2) is 0 Å². The van der Waals surface area contributed by atoms with Crippen LogP contribution in [-0.4, -0.2) is 29.6 Å². The Morgan fingerprint density at radius 1 is 1.11 bits per heavy atom. The molecule has 2 heterocycles. The van der Waals surface area contributed by atoms with Gasteiger partial charge in [0.25, 0.3) is 0 Å². The number of hydrogen-bond acceptors (Lipinski definition) is 4. The van der Waals surface area contributed by atoms with Crippen molar-refractivity contribution in [1.82, 2.24) is 9.97 Å². The third-order valence-corrected chi connectivity index (χ3v) is 3.62. The van der Waals surface area contributed by atoms with Gasteiger partial charge in [0.05, 0.1) is 0 Å². The zero-order chi connectivity index (χ0) is 13.5. The molecule has 106 valence electrons. The Balaban J connectivity index is 2.24. The molecule has 1 saturated heterocycles. The molecular formula is C15H26N4. The molecule has 1 aliphatic rings. The van der Waals surface area contributed by atoms with Crippen LogP contribution in [0.1, 0.15) is 51.5 Å². The van der Waals surface area contributed by atoms with Crippen LogP contribution in [0.3, 0.4) is 0 Å². The zero-order valence-electron chi connectivity index (χ0n) is 12.3. The van der Waals surface area contributed by atoms with Gasteiger partial charge in [-0.1, -0.05) is 20.3 Å². The van der Waals surface area contributed by atoms with Crippen LogP contribution in [0, 0.1) is 0 Å². The lowest BCUT2D eigenvalue weighted by molar-refractivity contribution is 0.571. The molecule has 2 rings (SSSR count). The van der Waals surface area contributed by atoms with Crippen LogP contribution in [0.15, 0.2) is 6.33 Å². The van der Waals surface area contributed by atoms with Crippen molar-refractivity contribution in [2.45, 2.75) is 52.4 Å². The van der Waals surface area contributed by atoms with Gasteiger partial charge >= 0.3 is 0 Å². The monoisotopic (exact) mass is 262 g/mol. The maximum Gasteiger partial charge on any atom is 0.137 e. The van der Waals surface area contributed by atoms with Crippen molar-refractivity contribution in [3.05, 3.63) is 11.9 Å². The highest BCUT2D eigenvalue weighted by atomic mass is 15.2. The SMILES string of the molecule is CCCNc1ncnc(N2CCCCC2)c1CCC. The van der Waals surface area contributed by atoms with Crippen molar-refractivity contribution in [1.29, 1.82) is 0 Å². The van der Waals surface area contributed by atoms with Gasteiger partial charge < -0.3 is 10.2 Å². The van der Waals surface area contributed by atoms with Gasteiger partial charge in [0.1, 0.15) is 18.0 Å². The molecule has 0 aromatic carbocycles. The minimum Gasteiger partial charge on any atom is -0.370 e. The molecule has 1 aromatic heterocycles. The lowest BCUT2D eigenvalue weighted by atomic mass is 10.1. The molecule has 1 fully saturated rings. The standard InChI is InChI=1S/C15H26N4/c1-3-8-13-14(16-9-4-2)17-12-18-15(13)19-10-6-5-7-11-19/h12H,3-11H2,1-2H3,(H,16,17,18). The van der Waals surface area contributed by atoms with E-state index in [4.69, 9.17) is 0 Å². The van der Waals surface area contributed by atoms with Gasteiger partial charge in [-0.2, -0.15) is 0 Å². The molecule has 0 amide bonds. The second-order valence-corrected chi connectivity index (χ2v) is 5.25. The average molecular weight is 262 g/mol. The first-order valence-electron chi connectivity index (χ1n) is 7.69. The van der Waals surface area contributed by atoms with Gasteiger partial charge in [0, 0.05) is 25.2 Å². The molecule has 0 unspecified atom stereocenters. The van der Waals surface area contributed by atoms with Gasteiger partial charge in [-0.15, -0.1) is 0 Å². The third-order valence-electron chi connectivity index (χ3n) is 3.62. The second-order valence-electron chi connectivity index (χ2n) is 5.25. The summed E-state index contributed by atoms with van der Waals surface area (Å²) in [6.45, 7) is 7.66. The predicted octanol–water partition coefficient (Wildman–Crippen LogP) is 3.24. The molecule has 0 atom stereocenters. The number of hydrogen-bond donors (Lipinski definition) is 1. The van der Waals surface area contributed by atoms with Crippen LogP contribution in [0.25, 0.3) is 0 Å². The molecule has 1 aromatic rings. The Kier molecular flexibility index (Phi) is 5.43. The van der Waals surface area contributed by atoms with E-state index in [0.29, 0.717) is 0 Å². The molecule has 1 aliphatic heterocycles. The van der Waals surface area contributed by atoms with Crippen LogP contribution in [0.5, 0.6) is 0 Å². The Hall–Kier alpha value is -1.32. The fraction of sp³-hybridized carbons (Fsp3) is 0.733. The molecule has 1 N–H and O–H groups in total. The highest BCUT2D eigenvalue weighted by Gasteiger charge is 2.18. The molecule has 4 nitrogen and oxygen atoms in total. The molecule has 0 spiro atoms. The first kappa shape index (κ1) is 14.1. The van der Waals surface area contributed by atoms with E-state index in [0.717, 1.165) is 50.5 Å². The van der Waals surface area contributed by atoms with Crippen molar-refractivity contribution < 1.29 is 0 Å². The fourth-order valence-corrected chi connectivity index (χ4v) is 2.66. The van der Waals surface area contributed by atoms with Crippen LogP contribution >= 0.6 is 0 Å². The summed E-state index contributed by atoms with van der Waals surface area (Å²) >= 11 is 0. The molecule has 4 heteroatoms. The maximum absolute atomic E-state index is 4.56. The Labute approximate surface area is 116 Å². The normalized spacial score (nSPS) is 15.6. The number of nitrogens with zero attached hydrogens (tertiary/aromatic N) is 3. The number of rotatable bonds is 6. The van der Waals surface area contributed by atoms with E-state index in [1.54, 1.807) is 6.33 Å². The second kappa shape index (κ2) is 7.31. The summed E-state index contributed by atoms with van der Waals surface area (Å²) in [7, 11) is 0. The first-order chi connectivity index (χ1) is 9.36. The van der Waals surface area contributed by atoms with Gasteiger partial charge in [0.2, 0.25) is 0 Å². The largest absolute Gasteiger partial charge is 0.370 e. The van der Waals surface area contributed by atoms with Crippen molar-refractivity contribution in [2.75, 3.05) is 29.9 Å². The Morgan fingerprint density at radius 2 is 1.89 bits per heavy atom. The van der Waals surface area contributed by atoms with E-state index in [2.05, 4.69) is 34.0 Å². The molecular weight excluding hydrogens is 236 g/mol. The average Bonchev–Trinajstić information content (AvgIpc) is 2.47. The van der Waals surface area contributed by atoms with E-state index in [-0.39, 0.29) is 0 Å². The van der Waals surface area contributed by atoms with E-state index in [1.165, 1.54) is 24.8 Å². The van der Waals surface area contributed by atoms with Crippen molar-refractivity contribution in [2.24, 2.45) is 0 Å². The predicted molar refractivity (Wildman–Crippen MR) is 80.9 cm³/mol. The van der Waals surface area contributed by atoms with E-state index >= 15 is 0 Å². The van der Waals surface area contributed by atoms with Gasteiger partial charge in [-0.25, -0.2) is 9.97 Å². The summed E-state index contributed by atoms with van der Waals surface area (Å²) in [5, 5.41) is 3.45. The molecule has 0 saturated carbocycles. The minimum absolute atomic E-state index is 0.979. The van der Waals surface area contributed by atoms with Crippen LogP contribution in [0.2, 0.25) is 0 Å². The van der Waals surface area contributed by atoms with Crippen LogP contribution in [0.4, 0.5) is 11.6 Å². The van der Waals surface area contributed by atoms with Crippen molar-refractivity contribution in [3.8, 4) is 0 Å². The number of aromatic nitrogens is 2. The third kappa shape index (κ3) is 3.58. The van der Waals surface area contributed by atoms with Gasteiger partial charge in [-0.05, 0) is 32.1 Å². The summed E-state index contributed by atoms with van der Waals surface area (Å²) in [4.78, 5) is 11.4. The highest BCUT2D eigenvalue weighted by molar-refractivity contribution is 5.59. The van der Waals surface area contributed by atoms with Crippen LogP contribution in [-0.2, 0) is 6.42 Å². The lowest BCUT2D eigenvalue weighted by Gasteiger charge is -2.30. The summed E-state index contributed by atoms with van der Waals surface area (Å²) in [6.07, 6.45) is 8.94.